The Morgan fingerprint density at radius 1 is 0.571 bits per heavy atom. The highest BCUT2D eigenvalue weighted by molar-refractivity contribution is 4.59. The molecule has 0 saturated carbocycles. The fraction of sp³-hybridized carbons (Fsp3) is 1.00. The molecule has 0 aliphatic carbocycles. The molecule has 0 N–H and O–H groups in total. The minimum absolute atomic E-state index is 0.821. The molecule has 1 nitrogen and oxygen atoms in total. The topological polar surface area (TPSA) is 9.23 Å². The molecule has 0 aromatic carbocycles. The Bertz CT molecular complexity index is 179. The second-order valence-electron chi connectivity index (χ2n) is 6.70. The molecule has 0 saturated heterocycles. The third-order valence-electron chi connectivity index (χ3n) is 4.43. The molecular formula is C20H42O. The van der Waals surface area contributed by atoms with Crippen LogP contribution in [-0.2, 0) is 4.74 Å². The Hall–Kier alpha value is -0.0400. The fourth-order valence-electron chi connectivity index (χ4n) is 2.90. The highest BCUT2D eigenvalue weighted by Gasteiger charge is 2.08. The zero-order chi connectivity index (χ0) is 15.6. The number of ether oxygens (including phenoxy) is 1. The van der Waals surface area contributed by atoms with Crippen LogP contribution in [0.5, 0.6) is 0 Å². The minimum atomic E-state index is 0.821. The van der Waals surface area contributed by atoms with E-state index in [1.165, 1.54) is 89.9 Å². The summed E-state index contributed by atoms with van der Waals surface area (Å²) in [4.78, 5) is 0. The first kappa shape index (κ1) is 21.0. The number of rotatable bonds is 17. The SMILES string of the molecule is CCCCCCCCOCC(CCCC)CCCCCC. The van der Waals surface area contributed by atoms with E-state index in [2.05, 4.69) is 20.8 Å². The highest BCUT2D eigenvalue weighted by Crippen LogP contribution is 2.18. The molecule has 0 heterocycles. The van der Waals surface area contributed by atoms with Crippen molar-refractivity contribution in [3.05, 3.63) is 0 Å². The second kappa shape index (κ2) is 18.0. The van der Waals surface area contributed by atoms with Gasteiger partial charge in [-0.05, 0) is 25.2 Å². The summed E-state index contributed by atoms with van der Waals surface area (Å²) in [6.07, 6.45) is 19.2. The lowest BCUT2D eigenvalue weighted by Gasteiger charge is -2.17. The second-order valence-corrected chi connectivity index (χ2v) is 6.70. The third kappa shape index (κ3) is 16.2. The Morgan fingerprint density at radius 2 is 1.10 bits per heavy atom. The van der Waals surface area contributed by atoms with Crippen molar-refractivity contribution in [3.8, 4) is 0 Å². The van der Waals surface area contributed by atoms with Gasteiger partial charge >= 0.3 is 0 Å². The van der Waals surface area contributed by atoms with E-state index < -0.39 is 0 Å². The van der Waals surface area contributed by atoms with Gasteiger partial charge in [-0.1, -0.05) is 91.4 Å². The van der Waals surface area contributed by atoms with Crippen molar-refractivity contribution >= 4 is 0 Å². The molecular weight excluding hydrogens is 256 g/mol. The summed E-state index contributed by atoms with van der Waals surface area (Å²) in [5.74, 6) is 0.821. The van der Waals surface area contributed by atoms with E-state index >= 15 is 0 Å². The highest BCUT2D eigenvalue weighted by atomic mass is 16.5. The smallest absolute Gasteiger partial charge is 0.0494 e. The molecule has 1 heteroatoms. The van der Waals surface area contributed by atoms with E-state index in [9.17, 15) is 0 Å². The molecule has 1 atom stereocenters. The van der Waals surface area contributed by atoms with Gasteiger partial charge in [0.2, 0.25) is 0 Å². The van der Waals surface area contributed by atoms with Crippen LogP contribution in [-0.4, -0.2) is 13.2 Å². The van der Waals surface area contributed by atoms with Crippen LogP contribution in [0.3, 0.4) is 0 Å². The molecule has 0 fully saturated rings. The van der Waals surface area contributed by atoms with E-state index in [0.29, 0.717) is 0 Å². The summed E-state index contributed by atoms with van der Waals surface area (Å²) < 4.78 is 5.96. The molecule has 0 aliphatic rings. The van der Waals surface area contributed by atoms with Crippen LogP contribution < -0.4 is 0 Å². The predicted octanol–water partition coefficient (Wildman–Crippen LogP) is 7.14. The van der Waals surface area contributed by atoms with Crippen LogP contribution in [0.15, 0.2) is 0 Å². The lowest BCUT2D eigenvalue weighted by molar-refractivity contribution is 0.0881. The van der Waals surface area contributed by atoms with Gasteiger partial charge in [0.15, 0.2) is 0 Å². The van der Waals surface area contributed by atoms with Gasteiger partial charge in [0.05, 0.1) is 0 Å². The summed E-state index contributed by atoms with van der Waals surface area (Å²) in [6.45, 7) is 8.87. The number of hydrogen-bond acceptors (Lipinski definition) is 1. The maximum absolute atomic E-state index is 5.96. The molecule has 0 aromatic rings. The molecule has 0 aromatic heterocycles. The molecule has 1 unspecified atom stereocenters. The predicted molar refractivity (Wildman–Crippen MR) is 96.0 cm³/mol. The average Bonchev–Trinajstić information content (AvgIpc) is 2.50. The first-order valence-electron chi connectivity index (χ1n) is 9.92. The molecule has 0 bridgehead atoms. The first-order chi connectivity index (χ1) is 10.3. The molecule has 0 aliphatic heterocycles. The summed E-state index contributed by atoms with van der Waals surface area (Å²) in [5, 5.41) is 0. The average molecular weight is 299 g/mol. The van der Waals surface area contributed by atoms with Crippen molar-refractivity contribution in [2.75, 3.05) is 13.2 Å². The van der Waals surface area contributed by atoms with Gasteiger partial charge in [-0.25, -0.2) is 0 Å². The zero-order valence-corrected chi connectivity index (χ0v) is 15.3. The Labute approximate surface area is 135 Å². The van der Waals surface area contributed by atoms with Crippen LogP contribution in [0, 0.1) is 5.92 Å². The molecule has 0 radical (unpaired) electrons. The molecule has 0 amide bonds. The third-order valence-corrected chi connectivity index (χ3v) is 4.43. The normalized spacial score (nSPS) is 12.7. The standard InChI is InChI=1S/C20H42O/c1-4-7-10-12-13-15-18-21-19-20(16-9-6-3)17-14-11-8-5-2/h20H,4-19H2,1-3H3. The summed E-state index contributed by atoms with van der Waals surface area (Å²) >= 11 is 0. The van der Waals surface area contributed by atoms with Crippen molar-refractivity contribution in [3.63, 3.8) is 0 Å². The van der Waals surface area contributed by atoms with Crippen molar-refractivity contribution < 1.29 is 4.74 Å². The van der Waals surface area contributed by atoms with E-state index in [1.807, 2.05) is 0 Å². The molecule has 0 rings (SSSR count). The van der Waals surface area contributed by atoms with Gasteiger partial charge in [-0.2, -0.15) is 0 Å². The van der Waals surface area contributed by atoms with Crippen LogP contribution in [0.2, 0.25) is 0 Å². The first-order valence-corrected chi connectivity index (χ1v) is 9.92. The van der Waals surface area contributed by atoms with Crippen molar-refractivity contribution in [1.82, 2.24) is 0 Å². The lowest BCUT2D eigenvalue weighted by Crippen LogP contribution is -2.11. The lowest BCUT2D eigenvalue weighted by atomic mass is 9.96. The Balaban J connectivity index is 3.51. The summed E-state index contributed by atoms with van der Waals surface area (Å²) in [7, 11) is 0. The van der Waals surface area contributed by atoms with Gasteiger partial charge in [0.25, 0.3) is 0 Å². The van der Waals surface area contributed by atoms with Crippen molar-refractivity contribution in [2.24, 2.45) is 5.92 Å². The minimum Gasteiger partial charge on any atom is -0.381 e. The van der Waals surface area contributed by atoms with Crippen molar-refractivity contribution in [1.29, 1.82) is 0 Å². The van der Waals surface area contributed by atoms with Gasteiger partial charge in [0.1, 0.15) is 0 Å². The number of hydrogen-bond donors (Lipinski definition) is 0. The monoisotopic (exact) mass is 298 g/mol. The van der Waals surface area contributed by atoms with Gasteiger partial charge in [-0.15, -0.1) is 0 Å². The Morgan fingerprint density at radius 3 is 1.76 bits per heavy atom. The maximum Gasteiger partial charge on any atom is 0.0494 e. The van der Waals surface area contributed by atoms with E-state index in [-0.39, 0.29) is 0 Å². The summed E-state index contributed by atoms with van der Waals surface area (Å²) in [6, 6.07) is 0. The molecule has 0 spiro atoms. The van der Waals surface area contributed by atoms with Crippen LogP contribution in [0.25, 0.3) is 0 Å². The number of unbranched alkanes of at least 4 members (excludes halogenated alkanes) is 9. The van der Waals surface area contributed by atoms with E-state index in [0.717, 1.165) is 19.1 Å². The Kier molecular flexibility index (Phi) is 18.0. The van der Waals surface area contributed by atoms with Gasteiger partial charge < -0.3 is 4.74 Å². The van der Waals surface area contributed by atoms with Crippen LogP contribution >= 0.6 is 0 Å². The maximum atomic E-state index is 5.96. The van der Waals surface area contributed by atoms with E-state index in [4.69, 9.17) is 4.74 Å². The van der Waals surface area contributed by atoms with Crippen LogP contribution in [0.1, 0.15) is 111 Å². The fourth-order valence-corrected chi connectivity index (χ4v) is 2.90. The van der Waals surface area contributed by atoms with Crippen molar-refractivity contribution in [2.45, 2.75) is 111 Å². The quantitative estimate of drug-likeness (QED) is 0.259. The van der Waals surface area contributed by atoms with E-state index in [1.54, 1.807) is 0 Å². The van der Waals surface area contributed by atoms with Gasteiger partial charge in [0, 0.05) is 13.2 Å². The molecule has 128 valence electrons. The summed E-state index contributed by atoms with van der Waals surface area (Å²) in [5.41, 5.74) is 0. The van der Waals surface area contributed by atoms with Crippen LogP contribution in [0.4, 0.5) is 0 Å². The zero-order valence-electron chi connectivity index (χ0n) is 15.3. The van der Waals surface area contributed by atoms with Gasteiger partial charge in [-0.3, -0.25) is 0 Å². The largest absolute Gasteiger partial charge is 0.381 e. The molecule has 21 heavy (non-hydrogen) atoms.